The summed E-state index contributed by atoms with van der Waals surface area (Å²) in [7, 11) is 0. The van der Waals surface area contributed by atoms with Crippen LogP contribution in [0, 0.1) is 17.7 Å². The highest BCUT2D eigenvalue weighted by molar-refractivity contribution is 5.74. The average molecular weight is 390 g/mol. The van der Waals surface area contributed by atoms with E-state index in [0.29, 0.717) is 11.8 Å². The predicted octanol–water partition coefficient (Wildman–Crippen LogP) is 4.35. The van der Waals surface area contributed by atoms with Gasteiger partial charge in [0.15, 0.2) is 0 Å². The molecule has 1 aliphatic heterocycles. The minimum Gasteiger partial charge on any atom is -0.336 e. The minimum atomic E-state index is -0.161. The highest BCUT2D eigenvalue weighted by Crippen LogP contribution is 2.28. The molecule has 3 rings (SSSR count). The van der Waals surface area contributed by atoms with Gasteiger partial charge in [-0.25, -0.2) is 9.18 Å². The van der Waals surface area contributed by atoms with Crippen LogP contribution in [0.25, 0.3) is 0 Å². The zero-order chi connectivity index (χ0) is 19.9. The molecule has 4 nitrogen and oxygen atoms in total. The van der Waals surface area contributed by atoms with Crippen molar-refractivity contribution >= 4 is 6.03 Å². The summed E-state index contributed by atoms with van der Waals surface area (Å²) in [5, 5.41) is 6.20. The van der Waals surface area contributed by atoms with Crippen LogP contribution in [-0.4, -0.2) is 42.6 Å². The lowest BCUT2D eigenvalue weighted by molar-refractivity contribution is 0.122. The zero-order valence-electron chi connectivity index (χ0n) is 17.4. The van der Waals surface area contributed by atoms with Gasteiger partial charge in [0.1, 0.15) is 5.82 Å². The third kappa shape index (κ3) is 6.47. The molecule has 0 aromatic heterocycles. The number of hydrogen-bond acceptors (Lipinski definition) is 2. The maximum absolute atomic E-state index is 13.1. The molecule has 2 amide bonds. The Kier molecular flexibility index (Phi) is 7.72. The predicted molar refractivity (Wildman–Crippen MR) is 112 cm³/mol. The molecule has 156 valence electrons. The van der Waals surface area contributed by atoms with Gasteiger partial charge in [0, 0.05) is 25.2 Å². The monoisotopic (exact) mass is 389 g/mol. The lowest BCUT2D eigenvalue weighted by Gasteiger charge is -2.39. The van der Waals surface area contributed by atoms with Crippen molar-refractivity contribution < 1.29 is 9.18 Å². The van der Waals surface area contributed by atoms with Gasteiger partial charge in [-0.1, -0.05) is 25.0 Å². The van der Waals surface area contributed by atoms with E-state index >= 15 is 0 Å². The Morgan fingerprint density at radius 3 is 2.64 bits per heavy atom. The smallest absolute Gasteiger partial charge is 0.315 e. The molecule has 5 heteroatoms. The zero-order valence-corrected chi connectivity index (χ0v) is 17.4. The van der Waals surface area contributed by atoms with E-state index in [2.05, 4.69) is 15.5 Å². The summed E-state index contributed by atoms with van der Waals surface area (Å²) in [5.41, 5.74) is 1.23. The number of nitrogens with one attached hydrogen (secondary N) is 2. The Balaban J connectivity index is 1.52. The molecule has 2 fully saturated rings. The van der Waals surface area contributed by atoms with E-state index in [0.717, 1.165) is 32.5 Å². The first-order chi connectivity index (χ1) is 13.5. The highest BCUT2D eigenvalue weighted by atomic mass is 19.1. The Morgan fingerprint density at radius 1 is 1.14 bits per heavy atom. The summed E-state index contributed by atoms with van der Waals surface area (Å²) in [6.45, 7) is 7.33. The van der Waals surface area contributed by atoms with Crippen molar-refractivity contribution in [2.45, 2.75) is 70.9 Å². The summed E-state index contributed by atoms with van der Waals surface area (Å²) >= 11 is 0. The fourth-order valence-electron chi connectivity index (χ4n) is 4.86. The van der Waals surface area contributed by atoms with E-state index in [-0.39, 0.29) is 23.9 Å². The van der Waals surface area contributed by atoms with Gasteiger partial charge in [-0.15, -0.1) is 0 Å². The van der Waals surface area contributed by atoms with Crippen LogP contribution in [0.3, 0.4) is 0 Å². The maximum Gasteiger partial charge on any atom is 0.315 e. The summed E-state index contributed by atoms with van der Waals surface area (Å²) in [4.78, 5) is 14.8. The number of likely N-dealkylation sites (tertiary alicyclic amines) is 1. The SMILES string of the molecule is CC(C)NC(=O)N[C@@H]1CCCC[C@H]1CN1CCC[C@@H](Cc2ccc(F)cc2)C1. The second kappa shape index (κ2) is 10.2. The van der Waals surface area contributed by atoms with E-state index in [9.17, 15) is 9.18 Å². The Labute approximate surface area is 169 Å². The molecule has 2 aliphatic rings. The molecule has 0 radical (unpaired) electrons. The van der Waals surface area contributed by atoms with Crippen molar-refractivity contribution in [3.63, 3.8) is 0 Å². The van der Waals surface area contributed by atoms with Gasteiger partial charge in [0.2, 0.25) is 0 Å². The molecule has 2 N–H and O–H groups in total. The molecule has 1 aromatic rings. The molecule has 0 unspecified atom stereocenters. The number of amides is 2. The number of nitrogens with zero attached hydrogens (tertiary/aromatic N) is 1. The average Bonchev–Trinajstić information content (AvgIpc) is 2.65. The van der Waals surface area contributed by atoms with Crippen LogP contribution in [0.15, 0.2) is 24.3 Å². The van der Waals surface area contributed by atoms with Crippen LogP contribution in [0.2, 0.25) is 0 Å². The topological polar surface area (TPSA) is 44.4 Å². The maximum atomic E-state index is 13.1. The standard InChI is InChI=1S/C23H36FN3O/c1-17(2)25-23(28)26-22-8-4-3-7-20(22)16-27-13-5-6-19(15-27)14-18-9-11-21(24)12-10-18/h9-12,17,19-20,22H,3-8,13-16H2,1-2H3,(H2,25,26,28)/t19-,20-,22+/m0/s1. The first-order valence-corrected chi connectivity index (χ1v) is 11.0. The lowest BCUT2D eigenvalue weighted by Crippen LogP contribution is -2.51. The van der Waals surface area contributed by atoms with Crippen LogP contribution < -0.4 is 10.6 Å². The number of halogens is 1. The van der Waals surface area contributed by atoms with Gasteiger partial charge < -0.3 is 15.5 Å². The second-order valence-corrected chi connectivity index (χ2v) is 9.02. The summed E-state index contributed by atoms with van der Waals surface area (Å²) in [5.74, 6) is 1.01. The minimum absolute atomic E-state index is 0.0280. The molecule has 0 spiro atoms. The second-order valence-electron chi connectivity index (χ2n) is 9.02. The quantitative estimate of drug-likeness (QED) is 0.760. The number of piperidine rings is 1. The van der Waals surface area contributed by atoms with Crippen LogP contribution in [-0.2, 0) is 6.42 Å². The first kappa shape index (κ1) is 21.1. The molecule has 1 aromatic carbocycles. The van der Waals surface area contributed by atoms with Crippen molar-refractivity contribution in [3.8, 4) is 0 Å². The van der Waals surface area contributed by atoms with Gasteiger partial charge in [-0.05, 0) is 82.0 Å². The van der Waals surface area contributed by atoms with E-state index in [1.807, 2.05) is 26.0 Å². The van der Waals surface area contributed by atoms with Gasteiger partial charge >= 0.3 is 6.03 Å². The van der Waals surface area contributed by atoms with Crippen molar-refractivity contribution in [1.29, 1.82) is 0 Å². The molecule has 28 heavy (non-hydrogen) atoms. The molecule has 3 atom stereocenters. The molecular weight excluding hydrogens is 353 g/mol. The third-order valence-electron chi connectivity index (χ3n) is 6.18. The summed E-state index contributed by atoms with van der Waals surface area (Å²) in [6, 6.07) is 7.39. The third-order valence-corrected chi connectivity index (χ3v) is 6.18. The van der Waals surface area contributed by atoms with Crippen molar-refractivity contribution in [3.05, 3.63) is 35.6 Å². The molecule has 1 saturated heterocycles. The van der Waals surface area contributed by atoms with Crippen LogP contribution in [0.4, 0.5) is 9.18 Å². The first-order valence-electron chi connectivity index (χ1n) is 11.0. The van der Waals surface area contributed by atoms with E-state index in [1.165, 1.54) is 37.7 Å². The molecule has 0 bridgehead atoms. The number of urea groups is 1. The van der Waals surface area contributed by atoms with E-state index < -0.39 is 0 Å². The Bertz CT molecular complexity index is 619. The van der Waals surface area contributed by atoms with Gasteiger partial charge in [0.25, 0.3) is 0 Å². The lowest BCUT2D eigenvalue weighted by atomic mass is 9.83. The number of benzene rings is 1. The number of rotatable bonds is 6. The number of carbonyl (C=O) groups is 1. The van der Waals surface area contributed by atoms with Crippen molar-refractivity contribution in [2.75, 3.05) is 19.6 Å². The highest BCUT2D eigenvalue weighted by Gasteiger charge is 2.30. The van der Waals surface area contributed by atoms with Crippen molar-refractivity contribution in [2.24, 2.45) is 11.8 Å². The fraction of sp³-hybridized carbons (Fsp3) is 0.696. The van der Waals surface area contributed by atoms with E-state index in [1.54, 1.807) is 12.1 Å². The van der Waals surface area contributed by atoms with E-state index in [4.69, 9.17) is 0 Å². The number of carbonyl (C=O) groups excluding carboxylic acids is 1. The summed E-state index contributed by atoms with van der Waals surface area (Å²) < 4.78 is 13.1. The van der Waals surface area contributed by atoms with Gasteiger partial charge in [-0.3, -0.25) is 0 Å². The Morgan fingerprint density at radius 2 is 1.89 bits per heavy atom. The summed E-state index contributed by atoms with van der Waals surface area (Å²) in [6.07, 6.45) is 8.26. The number of hydrogen-bond donors (Lipinski definition) is 2. The van der Waals surface area contributed by atoms with Crippen molar-refractivity contribution in [1.82, 2.24) is 15.5 Å². The van der Waals surface area contributed by atoms with Crippen LogP contribution in [0.1, 0.15) is 57.9 Å². The normalized spacial score (nSPS) is 26.2. The fourth-order valence-corrected chi connectivity index (χ4v) is 4.86. The molecule has 1 aliphatic carbocycles. The Hall–Kier alpha value is -1.62. The van der Waals surface area contributed by atoms with Gasteiger partial charge in [-0.2, -0.15) is 0 Å². The van der Waals surface area contributed by atoms with Crippen LogP contribution >= 0.6 is 0 Å². The molecule has 1 heterocycles. The largest absolute Gasteiger partial charge is 0.336 e. The van der Waals surface area contributed by atoms with Crippen LogP contribution in [0.5, 0.6) is 0 Å². The van der Waals surface area contributed by atoms with Gasteiger partial charge in [0.05, 0.1) is 0 Å². The molecule has 1 saturated carbocycles. The molecular formula is C23H36FN3O.